The van der Waals surface area contributed by atoms with Crippen molar-refractivity contribution in [3.63, 3.8) is 0 Å². The van der Waals surface area contributed by atoms with Gasteiger partial charge in [0.15, 0.2) is 0 Å². The maximum atomic E-state index is 13.2. The van der Waals surface area contributed by atoms with Crippen LogP contribution >= 0.6 is 0 Å². The van der Waals surface area contributed by atoms with Gasteiger partial charge in [-0.2, -0.15) is 0 Å². The van der Waals surface area contributed by atoms with E-state index >= 15 is 0 Å². The van der Waals surface area contributed by atoms with Gasteiger partial charge in [0.25, 0.3) is 0 Å². The van der Waals surface area contributed by atoms with Crippen molar-refractivity contribution in [2.24, 2.45) is 21.8 Å². The SMILES string of the molecule is C.C=CCC(/C=C/C1C=C(F)C=CC1)=N\CNCNCC1=CC(C)CN=C1.[HH]. The van der Waals surface area contributed by atoms with Gasteiger partial charge in [0.05, 0.1) is 6.67 Å². The highest BCUT2D eigenvalue weighted by Crippen LogP contribution is 2.18. The Kier molecular flexibility index (Phi) is 11.1. The van der Waals surface area contributed by atoms with Crippen LogP contribution < -0.4 is 10.6 Å². The van der Waals surface area contributed by atoms with Crippen LogP contribution in [-0.2, 0) is 0 Å². The number of hydrogen-bond acceptors (Lipinski definition) is 4. The van der Waals surface area contributed by atoms with E-state index in [0.29, 0.717) is 25.7 Å². The van der Waals surface area contributed by atoms with E-state index in [4.69, 9.17) is 0 Å². The molecule has 0 saturated carbocycles. The second-order valence-electron chi connectivity index (χ2n) is 6.58. The third-order valence-electron chi connectivity index (χ3n) is 4.07. The zero-order valence-electron chi connectivity index (χ0n) is 15.5. The van der Waals surface area contributed by atoms with Crippen molar-refractivity contribution >= 4 is 11.9 Å². The summed E-state index contributed by atoms with van der Waals surface area (Å²) in [6.07, 6.45) is 16.5. The van der Waals surface area contributed by atoms with Gasteiger partial charge in [-0.25, -0.2) is 4.39 Å². The van der Waals surface area contributed by atoms with E-state index in [1.165, 1.54) is 11.6 Å². The minimum absolute atomic E-state index is 0. The molecule has 150 valence electrons. The third-order valence-corrected chi connectivity index (χ3v) is 4.07. The average Bonchev–Trinajstić information content (AvgIpc) is 2.62. The number of allylic oxidation sites excluding steroid dienone is 7. The van der Waals surface area contributed by atoms with Crippen molar-refractivity contribution in [3.8, 4) is 0 Å². The highest BCUT2D eigenvalue weighted by molar-refractivity contribution is 5.95. The Hall–Kier alpha value is -2.11. The zero-order valence-corrected chi connectivity index (χ0v) is 15.5. The fourth-order valence-corrected chi connectivity index (χ4v) is 2.78. The summed E-state index contributed by atoms with van der Waals surface area (Å²) in [7, 11) is 0. The lowest BCUT2D eigenvalue weighted by Gasteiger charge is -2.12. The molecule has 2 unspecified atom stereocenters. The first-order chi connectivity index (χ1) is 12.7. The molecule has 2 N–H and O–H groups in total. The Balaban J connectivity index is 0.00000364. The molecule has 1 aliphatic carbocycles. The van der Waals surface area contributed by atoms with E-state index in [2.05, 4.69) is 40.2 Å². The summed E-state index contributed by atoms with van der Waals surface area (Å²) in [6, 6.07) is 0. The monoisotopic (exact) mass is 374 g/mol. The molecule has 0 aromatic heterocycles. The molecule has 4 nitrogen and oxygen atoms in total. The van der Waals surface area contributed by atoms with Crippen LogP contribution in [0.25, 0.3) is 0 Å². The molecular weight excluding hydrogens is 339 g/mol. The molecule has 0 spiro atoms. The molecular formula is C22H35FN4. The Bertz CT molecular complexity index is 647. The molecule has 0 radical (unpaired) electrons. The van der Waals surface area contributed by atoms with Crippen LogP contribution in [0.5, 0.6) is 0 Å². The van der Waals surface area contributed by atoms with E-state index < -0.39 is 0 Å². The Labute approximate surface area is 164 Å². The fraction of sp³-hybridized carbons (Fsp3) is 0.455. The van der Waals surface area contributed by atoms with Gasteiger partial charge in [-0.05, 0) is 36.1 Å². The Morgan fingerprint density at radius 3 is 3.04 bits per heavy atom. The van der Waals surface area contributed by atoms with Crippen LogP contribution in [0.2, 0.25) is 0 Å². The highest BCUT2D eigenvalue weighted by atomic mass is 19.1. The summed E-state index contributed by atoms with van der Waals surface area (Å²) in [4.78, 5) is 8.88. The smallest absolute Gasteiger partial charge is 0.119 e. The number of nitrogens with zero attached hydrogens (tertiary/aromatic N) is 2. The molecule has 0 aromatic carbocycles. The number of aliphatic imine (C=N–C) groups is 2. The lowest BCUT2D eigenvalue weighted by molar-refractivity contribution is 0.615. The Morgan fingerprint density at radius 2 is 2.30 bits per heavy atom. The van der Waals surface area contributed by atoms with Gasteiger partial charge in [-0.1, -0.05) is 38.7 Å². The molecule has 0 amide bonds. The van der Waals surface area contributed by atoms with Crippen LogP contribution in [0.4, 0.5) is 4.39 Å². The minimum atomic E-state index is -0.173. The molecule has 0 aromatic rings. The summed E-state index contributed by atoms with van der Waals surface area (Å²) < 4.78 is 13.2. The van der Waals surface area contributed by atoms with E-state index in [1.807, 2.05) is 30.5 Å². The highest BCUT2D eigenvalue weighted by Gasteiger charge is 2.06. The summed E-state index contributed by atoms with van der Waals surface area (Å²) in [5.74, 6) is 0.441. The standard InChI is InChI=1S/C21H29FN4.CH4.H2/c1-3-5-21(9-8-18-6-4-7-20(22)11-18)26-16-25-15-24-14-19-10-17(2)12-23-13-19;;/h3-4,7-11,13,17-18,24-25H,1,5-6,12,14-16H2,2H3;1H4;1H/b9-8+,26-21+;;. The summed E-state index contributed by atoms with van der Waals surface area (Å²) >= 11 is 0. The minimum Gasteiger partial charge on any atom is -0.300 e. The van der Waals surface area contributed by atoms with Gasteiger partial charge in [0.2, 0.25) is 0 Å². The number of rotatable bonds is 10. The first-order valence-corrected chi connectivity index (χ1v) is 9.15. The predicted molar refractivity (Wildman–Crippen MR) is 118 cm³/mol. The first kappa shape index (κ1) is 22.9. The second-order valence-corrected chi connectivity index (χ2v) is 6.58. The van der Waals surface area contributed by atoms with Gasteiger partial charge in [-0.3, -0.25) is 15.3 Å². The fourth-order valence-electron chi connectivity index (χ4n) is 2.78. The topological polar surface area (TPSA) is 48.8 Å². The predicted octanol–water partition coefficient (Wildman–Crippen LogP) is 4.61. The lowest BCUT2D eigenvalue weighted by Crippen LogP contribution is -2.31. The molecule has 5 heteroatoms. The summed E-state index contributed by atoms with van der Waals surface area (Å²) in [5.41, 5.74) is 2.16. The number of hydrogen-bond donors (Lipinski definition) is 2. The maximum absolute atomic E-state index is 13.2. The van der Waals surface area contributed by atoms with Crippen molar-refractivity contribution in [2.45, 2.75) is 27.2 Å². The molecule has 2 rings (SSSR count). The first-order valence-electron chi connectivity index (χ1n) is 9.15. The number of halogens is 1. The quantitative estimate of drug-likeness (QED) is 0.254. The van der Waals surface area contributed by atoms with E-state index in [9.17, 15) is 4.39 Å². The normalized spacial score (nSPS) is 22.4. The zero-order chi connectivity index (χ0) is 18.6. The molecule has 1 aliphatic heterocycles. The van der Waals surface area contributed by atoms with E-state index in [-0.39, 0.29) is 20.6 Å². The summed E-state index contributed by atoms with van der Waals surface area (Å²) in [6.45, 7) is 8.84. The molecule has 2 atom stereocenters. The van der Waals surface area contributed by atoms with Gasteiger partial charge >= 0.3 is 0 Å². The van der Waals surface area contributed by atoms with Crippen LogP contribution in [-0.4, -0.2) is 38.4 Å². The van der Waals surface area contributed by atoms with Crippen molar-refractivity contribution in [1.82, 2.24) is 10.6 Å². The van der Waals surface area contributed by atoms with Gasteiger partial charge in [0, 0.05) is 45.4 Å². The van der Waals surface area contributed by atoms with Gasteiger partial charge in [0.1, 0.15) is 5.83 Å². The van der Waals surface area contributed by atoms with Crippen molar-refractivity contribution < 1.29 is 5.82 Å². The van der Waals surface area contributed by atoms with E-state index in [0.717, 1.165) is 25.2 Å². The summed E-state index contributed by atoms with van der Waals surface area (Å²) in [5, 5.41) is 6.58. The van der Waals surface area contributed by atoms with Gasteiger partial charge < -0.3 is 5.32 Å². The van der Waals surface area contributed by atoms with E-state index in [1.54, 1.807) is 6.08 Å². The van der Waals surface area contributed by atoms with Crippen molar-refractivity contribution in [3.05, 3.63) is 60.5 Å². The molecule has 0 saturated heterocycles. The van der Waals surface area contributed by atoms with Crippen molar-refractivity contribution in [1.29, 1.82) is 0 Å². The second kappa shape index (κ2) is 13.1. The van der Waals surface area contributed by atoms with Crippen LogP contribution in [0, 0.1) is 11.8 Å². The third kappa shape index (κ3) is 9.40. The molecule has 27 heavy (non-hydrogen) atoms. The van der Waals surface area contributed by atoms with Crippen LogP contribution in [0.15, 0.2) is 70.5 Å². The van der Waals surface area contributed by atoms with Crippen LogP contribution in [0.1, 0.15) is 28.6 Å². The molecule has 2 aliphatic rings. The number of dihydropyridines is 1. The van der Waals surface area contributed by atoms with Crippen LogP contribution in [0.3, 0.4) is 0 Å². The molecule has 0 fully saturated rings. The molecule has 1 heterocycles. The molecule has 0 bridgehead atoms. The lowest BCUT2D eigenvalue weighted by atomic mass is 9.99. The maximum Gasteiger partial charge on any atom is 0.119 e. The number of nitrogens with one attached hydrogen (secondary N) is 2. The van der Waals surface area contributed by atoms with Crippen molar-refractivity contribution in [2.75, 3.05) is 26.4 Å². The largest absolute Gasteiger partial charge is 0.300 e. The van der Waals surface area contributed by atoms with Gasteiger partial charge in [-0.15, -0.1) is 6.58 Å². The average molecular weight is 375 g/mol. The Morgan fingerprint density at radius 1 is 1.44 bits per heavy atom.